The predicted molar refractivity (Wildman–Crippen MR) is 52.9 cm³/mol. The Kier molecular flexibility index (Phi) is 6.86. The van der Waals surface area contributed by atoms with Gasteiger partial charge < -0.3 is 0 Å². The van der Waals surface area contributed by atoms with E-state index in [0.717, 1.165) is 0 Å². The number of hydrogen-bond donors (Lipinski definition) is 0. The summed E-state index contributed by atoms with van der Waals surface area (Å²) in [5.74, 6) is -15.6. The molecule has 0 atom stereocenters. The van der Waals surface area contributed by atoms with Crippen LogP contribution in [0.2, 0.25) is 0 Å². The highest BCUT2D eigenvalue weighted by atomic mass is 32.3. The van der Waals surface area contributed by atoms with Crippen molar-refractivity contribution in [1.82, 2.24) is 0 Å². The molecule has 0 aromatic rings. The van der Waals surface area contributed by atoms with Gasteiger partial charge in [0.1, 0.15) is 0 Å². The molecule has 0 aliphatic heterocycles. The van der Waals surface area contributed by atoms with Gasteiger partial charge in [-0.2, -0.15) is 74.3 Å². The minimum Gasteiger partial charge on any atom is -0.257 e. The molecular formula is C8F16O5S. The number of rotatable bonds is 8. The average molecular weight is 512 g/mol. The lowest BCUT2D eigenvalue weighted by atomic mass is 10.3. The third-order valence-electron chi connectivity index (χ3n) is 2.53. The van der Waals surface area contributed by atoms with Gasteiger partial charge in [0, 0.05) is 0 Å². The van der Waals surface area contributed by atoms with Gasteiger partial charge in [-0.05, 0) is 0 Å². The van der Waals surface area contributed by atoms with Crippen LogP contribution in [0.25, 0.3) is 0 Å². The first kappa shape index (κ1) is 28.4. The summed E-state index contributed by atoms with van der Waals surface area (Å²) in [6.07, 6.45) is -30.7. The quantitative estimate of drug-likeness (QED) is 0.279. The van der Waals surface area contributed by atoms with Crippen molar-refractivity contribution in [2.24, 2.45) is 0 Å². The molecule has 0 unspecified atom stereocenters. The van der Waals surface area contributed by atoms with Crippen LogP contribution >= 0.6 is 0 Å². The maximum Gasteiger partial charge on any atom is 0.462 e. The van der Waals surface area contributed by atoms with Gasteiger partial charge in [-0.3, -0.25) is 14.3 Å². The molecule has 0 aliphatic carbocycles. The van der Waals surface area contributed by atoms with Crippen molar-refractivity contribution < 1.29 is 92.4 Å². The van der Waals surface area contributed by atoms with Crippen LogP contribution in [-0.2, 0) is 24.5 Å². The van der Waals surface area contributed by atoms with E-state index in [1.54, 1.807) is 9.47 Å². The van der Waals surface area contributed by atoms with Crippen LogP contribution in [-0.4, -0.2) is 56.0 Å². The van der Waals surface area contributed by atoms with Crippen molar-refractivity contribution in [3.8, 4) is 0 Å². The Balaban J connectivity index is 6.86. The zero-order valence-corrected chi connectivity index (χ0v) is 13.3. The van der Waals surface area contributed by atoms with Crippen molar-refractivity contribution in [2.45, 2.75) is 41.5 Å². The third-order valence-corrected chi connectivity index (χ3v) is 3.50. The molecule has 0 fully saturated rings. The van der Waals surface area contributed by atoms with E-state index in [4.69, 9.17) is 0 Å². The van der Waals surface area contributed by atoms with E-state index in [1.807, 2.05) is 0 Å². The Hall–Kier alpha value is -1.58. The molecule has 0 spiro atoms. The molecule has 0 amide bonds. The molecule has 0 bridgehead atoms. The smallest absolute Gasteiger partial charge is 0.257 e. The standard InChI is InChI=1S/C8F16O5S/c9-1(25)2(30(24,26)27,28-7(20,21)3(10,11)5(14,15)16)29-8(22,23)4(12,13)6(17,18)19. The summed E-state index contributed by atoms with van der Waals surface area (Å²) in [5, 5.41) is -7.20. The van der Waals surface area contributed by atoms with Crippen LogP contribution in [0.1, 0.15) is 0 Å². The van der Waals surface area contributed by atoms with Crippen LogP contribution in [0.15, 0.2) is 0 Å². The number of halogens is 16. The second-order valence-corrected chi connectivity index (χ2v) is 6.06. The normalized spacial score (nSPS) is 16.0. The second kappa shape index (κ2) is 7.24. The summed E-state index contributed by atoms with van der Waals surface area (Å²) < 4.78 is 224. The Morgan fingerprint density at radius 1 is 0.600 bits per heavy atom. The van der Waals surface area contributed by atoms with Gasteiger partial charge in [-0.1, -0.05) is 3.89 Å². The molecular weight excluding hydrogens is 512 g/mol. The van der Waals surface area contributed by atoms with Crippen LogP contribution in [0.5, 0.6) is 0 Å². The van der Waals surface area contributed by atoms with Gasteiger partial charge in [0.15, 0.2) is 0 Å². The van der Waals surface area contributed by atoms with Crippen LogP contribution in [0.3, 0.4) is 0 Å². The third kappa shape index (κ3) is 4.53. The van der Waals surface area contributed by atoms with Gasteiger partial charge in [0.2, 0.25) is 0 Å². The molecule has 0 aromatic heterocycles. The molecule has 0 heterocycles. The summed E-state index contributed by atoms with van der Waals surface area (Å²) in [5.41, 5.74) is 0. The summed E-state index contributed by atoms with van der Waals surface area (Å²) >= 11 is 0. The Labute approximate surface area is 151 Å². The molecule has 30 heavy (non-hydrogen) atoms. The van der Waals surface area contributed by atoms with Crippen molar-refractivity contribution in [3.05, 3.63) is 0 Å². The highest BCUT2D eigenvalue weighted by Gasteiger charge is 2.82. The van der Waals surface area contributed by atoms with Gasteiger partial charge in [-0.25, -0.2) is 0 Å². The first-order valence-electron chi connectivity index (χ1n) is 5.80. The van der Waals surface area contributed by atoms with Crippen LogP contribution in [0, 0.1) is 0 Å². The first-order chi connectivity index (χ1) is 12.6. The monoisotopic (exact) mass is 512 g/mol. The fourth-order valence-electron chi connectivity index (χ4n) is 1.09. The summed E-state index contributed by atoms with van der Waals surface area (Å²) in [6, 6.07) is -4.92. The van der Waals surface area contributed by atoms with E-state index in [-0.39, 0.29) is 0 Å². The van der Waals surface area contributed by atoms with Gasteiger partial charge in [0.25, 0.3) is 0 Å². The van der Waals surface area contributed by atoms with Crippen LogP contribution in [0.4, 0.5) is 69.7 Å². The molecule has 0 aromatic carbocycles. The number of ether oxygens (including phenoxy) is 2. The molecule has 180 valence electrons. The maximum atomic E-state index is 13.0. The van der Waals surface area contributed by atoms with Crippen molar-refractivity contribution >= 4 is 16.3 Å². The van der Waals surface area contributed by atoms with Gasteiger partial charge in [0.05, 0.1) is 0 Å². The fourth-order valence-corrected chi connectivity index (χ4v) is 1.69. The Morgan fingerprint density at radius 2 is 0.833 bits per heavy atom. The fraction of sp³-hybridized carbons (Fsp3) is 0.875. The summed E-state index contributed by atoms with van der Waals surface area (Å²) in [7, 11) is -8.33. The lowest BCUT2D eigenvalue weighted by molar-refractivity contribution is -0.489. The van der Waals surface area contributed by atoms with Crippen molar-refractivity contribution in [1.29, 1.82) is 0 Å². The minimum atomic E-state index is -8.33. The number of carbonyl (C=O) groups is 1. The molecule has 0 aliphatic rings. The summed E-state index contributed by atoms with van der Waals surface area (Å²) in [4.78, 5) is 10.4. The van der Waals surface area contributed by atoms with E-state index in [2.05, 4.69) is 0 Å². The number of alkyl halides is 14. The van der Waals surface area contributed by atoms with E-state index < -0.39 is 57.8 Å². The van der Waals surface area contributed by atoms with Gasteiger partial charge >= 0.3 is 57.8 Å². The van der Waals surface area contributed by atoms with Crippen molar-refractivity contribution in [3.63, 3.8) is 0 Å². The van der Waals surface area contributed by atoms with Gasteiger partial charge in [-0.15, -0.1) is 0 Å². The van der Waals surface area contributed by atoms with E-state index >= 15 is 0 Å². The number of hydrogen-bond acceptors (Lipinski definition) is 5. The van der Waals surface area contributed by atoms with Crippen molar-refractivity contribution in [2.75, 3.05) is 0 Å². The molecule has 5 nitrogen and oxygen atoms in total. The SMILES string of the molecule is O=C(F)C(OC(F)(F)C(F)(F)C(F)(F)F)(OC(F)(F)C(F)(F)C(F)(F)F)S(=O)(=O)F. The Morgan fingerprint density at radius 3 is 0.967 bits per heavy atom. The van der Waals surface area contributed by atoms with E-state index in [1.165, 1.54) is 0 Å². The average Bonchev–Trinajstić information content (AvgIpc) is 2.41. The molecule has 0 N–H and O–H groups in total. The molecule has 0 saturated carbocycles. The van der Waals surface area contributed by atoms with E-state index in [9.17, 15) is 83.0 Å². The molecule has 22 heteroatoms. The lowest BCUT2D eigenvalue weighted by Gasteiger charge is -2.36. The zero-order valence-electron chi connectivity index (χ0n) is 12.5. The summed E-state index contributed by atoms with van der Waals surface area (Å²) in [6.45, 7) is 0. The highest BCUT2D eigenvalue weighted by Crippen LogP contribution is 2.53. The maximum absolute atomic E-state index is 13.0. The predicted octanol–water partition coefficient (Wildman–Crippen LogP) is 4.05. The Bertz CT molecular complexity index is 723. The molecule has 0 rings (SSSR count). The molecule has 0 radical (unpaired) electrons. The molecule has 0 saturated heterocycles. The van der Waals surface area contributed by atoms with Crippen LogP contribution < -0.4 is 0 Å². The highest BCUT2D eigenvalue weighted by molar-refractivity contribution is 7.88. The topological polar surface area (TPSA) is 69.7 Å². The van der Waals surface area contributed by atoms with E-state index in [0.29, 0.717) is 0 Å². The number of carbonyl (C=O) groups excluding carboxylic acids is 1. The zero-order chi connectivity index (χ0) is 25.0. The second-order valence-electron chi connectivity index (χ2n) is 4.65. The first-order valence-corrected chi connectivity index (χ1v) is 7.18. The minimum absolute atomic E-state index is 1.59. The lowest BCUT2D eigenvalue weighted by Crippen LogP contribution is -2.65. The largest absolute Gasteiger partial charge is 0.462 e.